The van der Waals surface area contributed by atoms with Gasteiger partial charge in [-0.15, -0.1) is 0 Å². The topological polar surface area (TPSA) is 59.4 Å². The van der Waals surface area contributed by atoms with Gasteiger partial charge in [0, 0.05) is 18.3 Å². The summed E-state index contributed by atoms with van der Waals surface area (Å²) >= 11 is 0. The van der Waals surface area contributed by atoms with Crippen molar-refractivity contribution in [2.45, 2.75) is 44.7 Å². The zero-order valence-corrected chi connectivity index (χ0v) is 18.3. The summed E-state index contributed by atoms with van der Waals surface area (Å²) in [6.07, 6.45) is 8.17. The van der Waals surface area contributed by atoms with Crippen LogP contribution in [0, 0.1) is 0 Å². The molecule has 4 rings (SSSR count). The van der Waals surface area contributed by atoms with Crippen LogP contribution < -0.4 is 10.1 Å². The quantitative estimate of drug-likeness (QED) is 0.593. The molecule has 0 saturated heterocycles. The van der Waals surface area contributed by atoms with Crippen molar-refractivity contribution in [3.05, 3.63) is 72.1 Å². The predicted octanol–water partition coefficient (Wildman–Crippen LogP) is 4.90. The van der Waals surface area contributed by atoms with Crippen molar-refractivity contribution in [2.24, 2.45) is 0 Å². The molecule has 1 fully saturated rings. The molecule has 1 aliphatic carbocycles. The number of hydrogen-bond acceptors (Lipinski definition) is 4. The Morgan fingerprint density at radius 1 is 1.10 bits per heavy atom. The van der Waals surface area contributed by atoms with Crippen molar-refractivity contribution in [1.29, 1.82) is 0 Å². The Morgan fingerprint density at radius 2 is 1.81 bits per heavy atom. The highest BCUT2D eigenvalue weighted by molar-refractivity contribution is 6.05. The van der Waals surface area contributed by atoms with Gasteiger partial charge in [0.2, 0.25) is 0 Å². The standard InChI is InChI=1S/C25H30N4O2/c1-28(20-12-5-3-6-13-20)17-19-11-9-10-16-22(19)26-25(30)24-23(31-2)18-29(27-24)21-14-7-4-8-15-21/h4,7-11,14-16,18,20H,3,5-6,12-13,17H2,1-2H3,(H,26,30). The number of ether oxygens (including phenoxy) is 1. The van der Waals surface area contributed by atoms with Crippen molar-refractivity contribution in [3.63, 3.8) is 0 Å². The van der Waals surface area contributed by atoms with E-state index in [-0.39, 0.29) is 11.6 Å². The number of para-hydroxylation sites is 2. The summed E-state index contributed by atoms with van der Waals surface area (Å²) < 4.78 is 7.09. The van der Waals surface area contributed by atoms with E-state index in [0.717, 1.165) is 23.5 Å². The number of nitrogens with one attached hydrogen (secondary N) is 1. The molecule has 31 heavy (non-hydrogen) atoms. The Morgan fingerprint density at radius 3 is 2.55 bits per heavy atom. The number of hydrogen-bond donors (Lipinski definition) is 1. The van der Waals surface area contributed by atoms with Crippen LogP contribution in [0.1, 0.15) is 48.2 Å². The summed E-state index contributed by atoms with van der Waals surface area (Å²) in [7, 11) is 3.73. The van der Waals surface area contributed by atoms with Gasteiger partial charge in [-0.2, -0.15) is 5.10 Å². The summed E-state index contributed by atoms with van der Waals surface area (Å²) in [6.45, 7) is 0.802. The number of amides is 1. The highest BCUT2D eigenvalue weighted by Gasteiger charge is 2.21. The fourth-order valence-corrected chi connectivity index (χ4v) is 4.26. The van der Waals surface area contributed by atoms with Gasteiger partial charge in [-0.3, -0.25) is 9.69 Å². The number of carbonyl (C=O) groups is 1. The Hall–Kier alpha value is -3.12. The zero-order valence-electron chi connectivity index (χ0n) is 18.3. The molecule has 1 amide bonds. The number of rotatable bonds is 7. The molecule has 6 heteroatoms. The molecule has 162 valence electrons. The molecule has 0 unspecified atom stereocenters. The minimum absolute atomic E-state index is 0.266. The molecule has 1 N–H and O–H groups in total. The second-order valence-electron chi connectivity index (χ2n) is 8.14. The van der Waals surface area contributed by atoms with Crippen LogP contribution in [0.15, 0.2) is 60.8 Å². The molecule has 0 spiro atoms. The molecule has 3 aromatic rings. The van der Waals surface area contributed by atoms with Gasteiger partial charge in [-0.1, -0.05) is 55.7 Å². The summed E-state index contributed by atoms with van der Waals surface area (Å²) in [6, 6.07) is 18.3. The Kier molecular flexibility index (Phi) is 6.67. The smallest absolute Gasteiger partial charge is 0.280 e. The lowest BCUT2D eigenvalue weighted by atomic mass is 9.94. The second-order valence-corrected chi connectivity index (χ2v) is 8.14. The van der Waals surface area contributed by atoms with Crippen LogP contribution in [0.5, 0.6) is 5.75 Å². The van der Waals surface area contributed by atoms with Crippen LogP contribution in [0.2, 0.25) is 0 Å². The van der Waals surface area contributed by atoms with Gasteiger partial charge >= 0.3 is 0 Å². The Balaban J connectivity index is 1.52. The normalized spacial score (nSPS) is 14.5. The number of aromatic nitrogens is 2. The van der Waals surface area contributed by atoms with E-state index in [4.69, 9.17) is 4.74 Å². The van der Waals surface area contributed by atoms with Crippen LogP contribution >= 0.6 is 0 Å². The molecule has 0 atom stereocenters. The lowest BCUT2D eigenvalue weighted by molar-refractivity contribution is 0.101. The zero-order chi connectivity index (χ0) is 21.6. The van der Waals surface area contributed by atoms with Gasteiger partial charge < -0.3 is 10.1 Å². The maximum Gasteiger partial charge on any atom is 0.280 e. The first-order valence-electron chi connectivity index (χ1n) is 10.9. The largest absolute Gasteiger partial charge is 0.493 e. The maximum absolute atomic E-state index is 13.1. The third-order valence-corrected chi connectivity index (χ3v) is 6.02. The SMILES string of the molecule is COc1cn(-c2ccccc2)nc1C(=O)Nc1ccccc1CN(C)C1CCCCC1. The molecule has 2 aromatic carbocycles. The lowest BCUT2D eigenvalue weighted by Gasteiger charge is -2.31. The van der Waals surface area contributed by atoms with Crippen molar-refractivity contribution in [3.8, 4) is 11.4 Å². The highest BCUT2D eigenvalue weighted by Crippen LogP contribution is 2.26. The van der Waals surface area contributed by atoms with Crippen LogP contribution in [0.3, 0.4) is 0 Å². The molecule has 1 aromatic heterocycles. The van der Waals surface area contributed by atoms with Crippen LogP contribution in [0.4, 0.5) is 5.69 Å². The first kappa shape index (κ1) is 21.1. The second kappa shape index (κ2) is 9.79. The first-order valence-corrected chi connectivity index (χ1v) is 10.9. The van der Waals surface area contributed by atoms with Crippen molar-refractivity contribution >= 4 is 11.6 Å². The summed E-state index contributed by atoms with van der Waals surface area (Å²) in [5.74, 6) is 0.164. The van der Waals surface area contributed by atoms with E-state index >= 15 is 0 Å². The third kappa shape index (κ3) is 4.97. The van der Waals surface area contributed by atoms with Gasteiger partial charge in [0.05, 0.1) is 19.0 Å². The minimum atomic E-state index is -0.278. The summed E-state index contributed by atoms with van der Waals surface area (Å²) in [5.41, 5.74) is 3.05. The molecular formula is C25H30N4O2. The Bertz CT molecular complexity index is 1010. The lowest BCUT2D eigenvalue weighted by Crippen LogP contribution is -2.33. The van der Waals surface area contributed by atoms with E-state index in [9.17, 15) is 4.79 Å². The van der Waals surface area contributed by atoms with E-state index in [2.05, 4.69) is 28.4 Å². The number of carbonyl (C=O) groups excluding carboxylic acids is 1. The molecule has 1 heterocycles. The molecule has 1 aliphatic rings. The van der Waals surface area contributed by atoms with Gasteiger partial charge in [-0.25, -0.2) is 4.68 Å². The molecule has 0 radical (unpaired) electrons. The average molecular weight is 419 g/mol. The number of nitrogens with zero attached hydrogens (tertiary/aromatic N) is 3. The van der Waals surface area contributed by atoms with E-state index in [1.165, 1.54) is 32.1 Å². The maximum atomic E-state index is 13.1. The Labute approximate surface area is 183 Å². The van der Waals surface area contributed by atoms with Gasteiger partial charge in [-0.05, 0) is 43.7 Å². The van der Waals surface area contributed by atoms with Crippen molar-refractivity contribution in [2.75, 3.05) is 19.5 Å². The molecule has 0 aliphatic heterocycles. The van der Waals surface area contributed by atoms with Crippen LogP contribution in [-0.2, 0) is 6.54 Å². The van der Waals surface area contributed by atoms with E-state index in [0.29, 0.717) is 11.8 Å². The van der Waals surface area contributed by atoms with E-state index in [1.54, 1.807) is 18.0 Å². The first-order chi connectivity index (χ1) is 15.2. The molecule has 6 nitrogen and oxygen atoms in total. The fourth-order valence-electron chi connectivity index (χ4n) is 4.26. The monoisotopic (exact) mass is 418 g/mol. The van der Waals surface area contributed by atoms with Crippen LogP contribution in [-0.4, -0.2) is 40.8 Å². The van der Waals surface area contributed by atoms with Crippen molar-refractivity contribution in [1.82, 2.24) is 14.7 Å². The molecular weight excluding hydrogens is 388 g/mol. The predicted molar refractivity (Wildman–Crippen MR) is 123 cm³/mol. The molecule has 1 saturated carbocycles. The van der Waals surface area contributed by atoms with E-state index < -0.39 is 0 Å². The van der Waals surface area contributed by atoms with Crippen LogP contribution in [0.25, 0.3) is 5.69 Å². The molecule has 0 bridgehead atoms. The number of benzene rings is 2. The number of methoxy groups -OCH3 is 1. The minimum Gasteiger partial charge on any atom is -0.493 e. The van der Waals surface area contributed by atoms with Gasteiger partial charge in [0.15, 0.2) is 11.4 Å². The number of anilines is 1. The fraction of sp³-hybridized carbons (Fsp3) is 0.360. The van der Waals surface area contributed by atoms with Gasteiger partial charge in [0.25, 0.3) is 5.91 Å². The van der Waals surface area contributed by atoms with Crippen molar-refractivity contribution < 1.29 is 9.53 Å². The summed E-state index contributed by atoms with van der Waals surface area (Å²) in [5, 5.41) is 7.53. The third-order valence-electron chi connectivity index (χ3n) is 6.02. The van der Waals surface area contributed by atoms with Gasteiger partial charge in [0.1, 0.15) is 0 Å². The summed E-state index contributed by atoms with van der Waals surface area (Å²) in [4.78, 5) is 15.5. The van der Waals surface area contributed by atoms with E-state index in [1.807, 2.05) is 48.5 Å². The highest BCUT2D eigenvalue weighted by atomic mass is 16.5. The average Bonchev–Trinajstić information content (AvgIpc) is 3.26.